The molecule has 0 radical (unpaired) electrons. The molecule has 0 aliphatic heterocycles. The van der Waals surface area contributed by atoms with E-state index in [9.17, 15) is 33.4 Å². The summed E-state index contributed by atoms with van der Waals surface area (Å²) in [5.74, 6) is 0. The van der Waals surface area contributed by atoms with Gasteiger partial charge in [-0.2, -0.15) is 13.2 Å². The van der Waals surface area contributed by atoms with Crippen molar-refractivity contribution in [1.82, 2.24) is 9.97 Å². The second-order valence-electron chi connectivity index (χ2n) is 4.15. The molecule has 120 valence electrons. The number of aromatic nitrogens is 2. The monoisotopic (exact) mass is 329 g/mol. The summed E-state index contributed by atoms with van der Waals surface area (Å²) in [6.07, 6.45) is -1.53. The highest BCUT2D eigenvalue weighted by atomic mass is 19.4. The summed E-state index contributed by atoms with van der Waals surface area (Å²) in [4.78, 5) is 26.9. The van der Waals surface area contributed by atoms with Crippen molar-refractivity contribution >= 4 is 22.7 Å². The van der Waals surface area contributed by atoms with E-state index in [0.717, 1.165) is 18.7 Å². The van der Waals surface area contributed by atoms with E-state index >= 15 is 0 Å². The molecule has 0 spiro atoms. The average Bonchev–Trinajstić information content (AvgIpc) is 2.46. The molecule has 2 rings (SSSR count). The van der Waals surface area contributed by atoms with Gasteiger partial charge in [-0.15, -0.1) is 0 Å². The molecule has 0 saturated heterocycles. The van der Waals surface area contributed by atoms with Crippen LogP contribution >= 0.6 is 0 Å². The van der Waals surface area contributed by atoms with Gasteiger partial charge < -0.3 is 5.32 Å². The van der Waals surface area contributed by atoms with Crippen LogP contribution in [0.1, 0.15) is 5.56 Å². The highest BCUT2D eigenvalue weighted by Crippen LogP contribution is 2.42. The van der Waals surface area contributed by atoms with Crippen molar-refractivity contribution in [3.8, 4) is 0 Å². The van der Waals surface area contributed by atoms with Gasteiger partial charge in [0, 0.05) is 12.1 Å². The van der Waals surface area contributed by atoms with Gasteiger partial charge >= 0.3 is 6.18 Å². The molecule has 0 amide bonds. The van der Waals surface area contributed by atoms with E-state index in [0.29, 0.717) is 0 Å². The van der Waals surface area contributed by atoms with E-state index in [-0.39, 0.29) is 17.8 Å². The summed E-state index contributed by atoms with van der Waals surface area (Å²) >= 11 is 0. The normalized spacial score (nSPS) is 11.1. The Morgan fingerprint density at radius 3 is 1.87 bits per heavy atom. The Balaban J connectivity index is 2.67. The maximum absolute atomic E-state index is 12.7. The van der Waals surface area contributed by atoms with Crippen molar-refractivity contribution in [3.05, 3.63) is 56.6 Å². The Bertz CT molecular complexity index is 731. The number of alkyl halides is 3. The molecule has 0 saturated carbocycles. The van der Waals surface area contributed by atoms with E-state index < -0.39 is 38.6 Å². The van der Waals surface area contributed by atoms with Crippen molar-refractivity contribution in [2.24, 2.45) is 0 Å². The Labute approximate surface area is 125 Å². The first-order chi connectivity index (χ1) is 10.7. The molecule has 23 heavy (non-hydrogen) atoms. The van der Waals surface area contributed by atoms with E-state index in [1.165, 1.54) is 0 Å². The van der Waals surface area contributed by atoms with Gasteiger partial charge in [0.05, 0.1) is 33.5 Å². The Morgan fingerprint density at radius 2 is 1.48 bits per heavy atom. The highest BCUT2D eigenvalue weighted by molar-refractivity contribution is 5.79. The summed E-state index contributed by atoms with van der Waals surface area (Å²) in [5, 5.41) is 24.3. The van der Waals surface area contributed by atoms with Gasteiger partial charge in [0.15, 0.2) is 5.69 Å². The molecular formula is C11H6F3N5O4. The maximum atomic E-state index is 12.7. The standard InChI is InChI=1S/C11H6F3N5O4/c12-11(13,14)6-1-8(18(20)21)10(9(2-6)19(22)23)17-7-3-15-5-16-4-7/h1-5,17H. The minimum absolute atomic E-state index is 0.0402. The van der Waals surface area contributed by atoms with Crippen LogP contribution in [0.5, 0.6) is 0 Å². The largest absolute Gasteiger partial charge is 0.416 e. The van der Waals surface area contributed by atoms with Crippen LogP contribution in [0.2, 0.25) is 0 Å². The zero-order chi connectivity index (χ0) is 17.2. The molecular weight excluding hydrogens is 323 g/mol. The number of rotatable bonds is 4. The average molecular weight is 329 g/mol. The molecule has 0 fully saturated rings. The second-order valence-corrected chi connectivity index (χ2v) is 4.15. The fourth-order valence-electron chi connectivity index (χ4n) is 1.70. The molecule has 1 aromatic carbocycles. The molecule has 0 aliphatic carbocycles. The van der Waals surface area contributed by atoms with Gasteiger partial charge in [0.1, 0.15) is 6.33 Å². The summed E-state index contributed by atoms with van der Waals surface area (Å²) in [6, 6.07) is 0.443. The van der Waals surface area contributed by atoms with E-state index in [4.69, 9.17) is 0 Å². The zero-order valence-electron chi connectivity index (χ0n) is 10.9. The lowest BCUT2D eigenvalue weighted by Crippen LogP contribution is -2.09. The third-order valence-electron chi connectivity index (χ3n) is 2.65. The van der Waals surface area contributed by atoms with E-state index in [1.54, 1.807) is 0 Å². The number of nitrogens with zero attached hydrogens (tertiary/aromatic N) is 4. The van der Waals surface area contributed by atoms with Crippen LogP contribution in [0.25, 0.3) is 0 Å². The summed E-state index contributed by atoms with van der Waals surface area (Å²) in [6.45, 7) is 0. The minimum atomic E-state index is -4.97. The van der Waals surface area contributed by atoms with Crippen molar-refractivity contribution in [3.63, 3.8) is 0 Å². The van der Waals surface area contributed by atoms with Crippen LogP contribution < -0.4 is 5.32 Å². The quantitative estimate of drug-likeness (QED) is 0.675. The fourth-order valence-corrected chi connectivity index (χ4v) is 1.70. The van der Waals surface area contributed by atoms with Gasteiger partial charge in [0.2, 0.25) is 0 Å². The molecule has 2 aromatic rings. The molecule has 0 bridgehead atoms. The molecule has 1 heterocycles. The number of anilines is 2. The smallest absolute Gasteiger partial charge is 0.342 e. The first-order valence-electron chi connectivity index (χ1n) is 5.76. The maximum Gasteiger partial charge on any atom is 0.416 e. The van der Waals surface area contributed by atoms with Gasteiger partial charge in [-0.1, -0.05) is 0 Å². The lowest BCUT2D eigenvalue weighted by atomic mass is 10.1. The Morgan fingerprint density at radius 1 is 1.00 bits per heavy atom. The van der Waals surface area contributed by atoms with Crippen LogP contribution in [0.15, 0.2) is 30.9 Å². The second kappa shape index (κ2) is 5.82. The molecule has 0 unspecified atom stereocenters. The number of hydrogen-bond donors (Lipinski definition) is 1. The van der Waals surface area contributed by atoms with Gasteiger partial charge in [-0.25, -0.2) is 9.97 Å². The van der Waals surface area contributed by atoms with Gasteiger partial charge in [-0.05, 0) is 0 Å². The van der Waals surface area contributed by atoms with Crippen molar-refractivity contribution < 1.29 is 23.0 Å². The molecule has 9 nitrogen and oxygen atoms in total. The predicted molar refractivity (Wildman–Crippen MR) is 70.1 cm³/mol. The van der Waals surface area contributed by atoms with Crippen molar-refractivity contribution in [1.29, 1.82) is 0 Å². The molecule has 1 aromatic heterocycles. The van der Waals surface area contributed by atoms with Crippen molar-refractivity contribution in [2.75, 3.05) is 5.32 Å². The lowest BCUT2D eigenvalue weighted by Gasteiger charge is -2.11. The number of benzene rings is 1. The first-order valence-corrected chi connectivity index (χ1v) is 5.76. The van der Waals surface area contributed by atoms with Gasteiger partial charge in [0.25, 0.3) is 11.4 Å². The number of nitro benzene ring substituents is 2. The number of halogens is 3. The Kier molecular flexibility index (Phi) is 4.07. The topological polar surface area (TPSA) is 124 Å². The zero-order valence-corrected chi connectivity index (χ0v) is 10.9. The number of nitrogens with one attached hydrogen (secondary N) is 1. The van der Waals surface area contributed by atoms with Crippen LogP contribution in [0.3, 0.4) is 0 Å². The molecule has 0 atom stereocenters. The predicted octanol–water partition coefficient (Wildman–Crippen LogP) is 3.06. The third kappa shape index (κ3) is 3.48. The van der Waals surface area contributed by atoms with Gasteiger partial charge in [-0.3, -0.25) is 20.2 Å². The summed E-state index contributed by atoms with van der Waals surface area (Å²) in [7, 11) is 0. The van der Waals surface area contributed by atoms with Crippen LogP contribution in [-0.2, 0) is 6.18 Å². The van der Waals surface area contributed by atoms with Crippen LogP contribution in [-0.4, -0.2) is 19.8 Å². The molecule has 1 N–H and O–H groups in total. The van der Waals surface area contributed by atoms with E-state index in [2.05, 4.69) is 15.3 Å². The SMILES string of the molecule is O=[N+]([O-])c1cc(C(F)(F)F)cc([N+](=O)[O-])c1Nc1cncnc1. The Hall–Kier alpha value is -3.31. The fraction of sp³-hybridized carbons (Fsp3) is 0.0909. The highest BCUT2D eigenvalue weighted by Gasteiger charge is 2.37. The molecule has 12 heteroatoms. The summed E-state index contributed by atoms with van der Waals surface area (Å²) < 4.78 is 38.2. The van der Waals surface area contributed by atoms with Crippen LogP contribution in [0, 0.1) is 20.2 Å². The molecule has 0 aliphatic rings. The summed E-state index contributed by atoms with van der Waals surface area (Å²) in [5.41, 5.74) is -4.32. The number of hydrogen-bond acceptors (Lipinski definition) is 7. The third-order valence-corrected chi connectivity index (χ3v) is 2.65. The van der Waals surface area contributed by atoms with Crippen LogP contribution in [0.4, 0.5) is 35.9 Å². The van der Waals surface area contributed by atoms with Crippen molar-refractivity contribution in [2.45, 2.75) is 6.18 Å². The number of nitro groups is 2. The first kappa shape index (κ1) is 16.1. The minimum Gasteiger partial charge on any atom is -0.342 e. The lowest BCUT2D eigenvalue weighted by molar-refractivity contribution is -0.392. The van der Waals surface area contributed by atoms with E-state index in [1.807, 2.05) is 0 Å².